The third-order valence-corrected chi connectivity index (χ3v) is 3.75. The van der Waals surface area contributed by atoms with Crippen LogP contribution in [0.3, 0.4) is 0 Å². The molecule has 0 spiro atoms. The molecule has 1 aliphatic rings. The number of rotatable bonds is 7. The molecule has 2 unspecified atom stereocenters. The van der Waals surface area contributed by atoms with Gasteiger partial charge in [0.05, 0.1) is 12.6 Å². The highest BCUT2D eigenvalue weighted by molar-refractivity contribution is 5.90. The van der Waals surface area contributed by atoms with Crippen LogP contribution in [0.4, 0.5) is 0 Å². The topological polar surface area (TPSA) is 105 Å². The molecule has 7 nitrogen and oxygen atoms in total. The van der Waals surface area contributed by atoms with Gasteiger partial charge < -0.3 is 20.5 Å². The molecule has 0 aromatic rings. The summed E-state index contributed by atoms with van der Waals surface area (Å²) in [5, 5.41) is 14.8. The van der Waals surface area contributed by atoms with E-state index >= 15 is 0 Å². The minimum atomic E-state index is -1.15. The summed E-state index contributed by atoms with van der Waals surface area (Å²) in [5.41, 5.74) is -0.682. The van der Waals surface area contributed by atoms with Gasteiger partial charge in [0.2, 0.25) is 5.91 Å². The highest BCUT2D eigenvalue weighted by Crippen LogP contribution is 2.23. The Morgan fingerprint density at radius 2 is 2.15 bits per heavy atom. The number of carboxylic acid groups (broad SMARTS) is 1. The molecule has 0 aromatic carbocycles. The van der Waals surface area contributed by atoms with Crippen LogP contribution in [0.5, 0.6) is 0 Å². The van der Waals surface area contributed by atoms with Crippen LogP contribution in [0.15, 0.2) is 0 Å². The average molecular weight is 286 g/mol. The predicted molar refractivity (Wildman–Crippen MR) is 71.1 cm³/mol. The zero-order valence-electron chi connectivity index (χ0n) is 11.9. The van der Waals surface area contributed by atoms with Crippen LogP contribution >= 0.6 is 0 Å². The van der Waals surface area contributed by atoms with Crippen molar-refractivity contribution < 1.29 is 24.2 Å². The fourth-order valence-corrected chi connectivity index (χ4v) is 2.38. The Morgan fingerprint density at radius 3 is 2.60 bits per heavy atom. The normalized spacial score (nSPS) is 23.1. The van der Waals surface area contributed by atoms with E-state index in [0.29, 0.717) is 12.8 Å². The number of aliphatic carboxylic acids is 1. The van der Waals surface area contributed by atoms with E-state index in [9.17, 15) is 14.4 Å². The van der Waals surface area contributed by atoms with E-state index in [0.717, 1.165) is 13.0 Å². The van der Waals surface area contributed by atoms with Gasteiger partial charge in [0, 0.05) is 6.42 Å². The maximum absolute atomic E-state index is 12.3. The Balaban J connectivity index is 2.63. The minimum Gasteiger partial charge on any atom is -0.480 e. The SMILES string of the molecule is CCC1(C(=O)NC(CCC(=O)OC)C(=O)O)CCCN1. The Labute approximate surface area is 118 Å². The summed E-state index contributed by atoms with van der Waals surface area (Å²) in [6.07, 6.45) is 2.16. The molecule has 3 N–H and O–H groups in total. The third-order valence-electron chi connectivity index (χ3n) is 3.75. The number of nitrogens with one attached hydrogen (secondary N) is 2. The first kappa shape index (κ1) is 16.4. The first-order chi connectivity index (χ1) is 9.45. The van der Waals surface area contributed by atoms with Gasteiger partial charge in [0.15, 0.2) is 0 Å². The number of carbonyl (C=O) groups excluding carboxylic acids is 2. The Hall–Kier alpha value is -1.63. The number of esters is 1. The summed E-state index contributed by atoms with van der Waals surface area (Å²) >= 11 is 0. The predicted octanol–water partition coefficient (Wildman–Crippen LogP) is 0.0412. The van der Waals surface area contributed by atoms with Crippen LogP contribution in [-0.4, -0.2) is 48.2 Å². The molecule has 1 fully saturated rings. The maximum Gasteiger partial charge on any atom is 0.326 e. The zero-order valence-corrected chi connectivity index (χ0v) is 11.9. The van der Waals surface area contributed by atoms with E-state index in [-0.39, 0.29) is 18.7 Å². The van der Waals surface area contributed by atoms with Crippen LogP contribution in [0.2, 0.25) is 0 Å². The van der Waals surface area contributed by atoms with E-state index in [1.165, 1.54) is 7.11 Å². The first-order valence-corrected chi connectivity index (χ1v) is 6.81. The van der Waals surface area contributed by atoms with Gasteiger partial charge in [-0.3, -0.25) is 9.59 Å². The molecule has 0 saturated carbocycles. The van der Waals surface area contributed by atoms with Crippen molar-refractivity contribution in [3.8, 4) is 0 Å². The van der Waals surface area contributed by atoms with Gasteiger partial charge in [0.1, 0.15) is 6.04 Å². The zero-order chi connectivity index (χ0) is 15.2. The summed E-state index contributed by atoms with van der Waals surface area (Å²) in [7, 11) is 1.24. The molecular weight excluding hydrogens is 264 g/mol. The lowest BCUT2D eigenvalue weighted by Gasteiger charge is -2.28. The number of methoxy groups -OCH3 is 1. The summed E-state index contributed by atoms with van der Waals surface area (Å²) < 4.78 is 4.47. The number of hydrogen-bond acceptors (Lipinski definition) is 5. The largest absolute Gasteiger partial charge is 0.480 e. The Bertz CT molecular complexity index is 377. The van der Waals surface area contributed by atoms with Gasteiger partial charge in [-0.15, -0.1) is 0 Å². The van der Waals surface area contributed by atoms with Crippen molar-refractivity contribution in [2.75, 3.05) is 13.7 Å². The number of carboxylic acids is 1. The second-order valence-corrected chi connectivity index (χ2v) is 4.95. The molecule has 1 rings (SSSR count). The van der Waals surface area contributed by atoms with Crippen molar-refractivity contribution in [2.45, 2.75) is 50.6 Å². The van der Waals surface area contributed by atoms with Gasteiger partial charge in [-0.05, 0) is 32.2 Å². The second-order valence-electron chi connectivity index (χ2n) is 4.95. The van der Waals surface area contributed by atoms with Gasteiger partial charge in [-0.1, -0.05) is 6.92 Å². The first-order valence-electron chi connectivity index (χ1n) is 6.81. The van der Waals surface area contributed by atoms with Crippen molar-refractivity contribution in [3.05, 3.63) is 0 Å². The molecule has 2 atom stereocenters. The molecule has 1 amide bonds. The molecule has 1 aliphatic heterocycles. The summed E-state index contributed by atoms with van der Waals surface area (Å²) in [5.74, 6) is -1.95. The fraction of sp³-hybridized carbons (Fsp3) is 0.769. The molecule has 7 heteroatoms. The van der Waals surface area contributed by atoms with Crippen LogP contribution in [0.25, 0.3) is 0 Å². The summed E-state index contributed by atoms with van der Waals surface area (Å²) in [6, 6.07) is -1.08. The average Bonchev–Trinajstić information content (AvgIpc) is 2.92. The summed E-state index contributed by atoms with van der Waals surface area (Å²) in [4.78, 5) is 34.5. The number of amides is 1. The van der Waals surface area contributed by atoms with Crippen LogP contribution < -0.4 is 10.6 Å². The lowest BCUT2D eigenvalue weighted by molar-refractivity contribution is -0.144. The van der Waals surface area contributed by atoms with Crippen LogP contribution in [-0.2, 0) is 19.1 Å². The van der Waals surface area contributed by atoms with Crippen molar-refractivity contribution in [3.63, 3.8) is 0 Å². The minimum absolute atomic E-state index is 0.0214. The van der Waals surface area contributed by atoms with E-state index in [1.807, 2.05) is 6.92 Å². The lowest BCUT2D eigenvalue weighted by atomic mass is 9.92. The molecule has 20 heavy (non-hydrogen) atoms. The fourth-order valence-electron chi connectivity index (χ4n) is 2.38. The van der Waals surface area contributed by atoms with Gasteiger partial charge >= 0.3 is 11.9 Å². The summed E-state index contributed by atoms with van der Waals surface area (Å²) in [6.45, 7) is 2.64. The molecule has 0 aromatic heterocycles. The van der Waals surface area contributed by atoms with E-state index in [4.69, 9.17) is 5.11 Å². The smallest absolute Gasteiger partial charge is 0.326 e. The van der Waals surface area contributed by atoms with Gasteiger partial charge in [-0.25, -0.2) is 4.79 Å². The molecule has 0 bridgehead atoms. The van der Waals surface area contributed by atoms with Crippen molar-refractivity contribution in [1.82, 2.24) is 10.6 Å². The molecule has 1 saturated heterocycles. The number of hydrogen-bond donors (Lipinski definition) is 3. The molecule has 0 aliphatic carbocycles. The van der Waals surface area contributed by atoms with Crippen molar-refractivity contribution >= 4 is 17.8 Å². The van der Waals surface area contributed by atoms with Crippen molar-refractivity contribution in [1.29, 1.82) is 0 Å². The quantitative estimate of drug-likeness (QED) is 0.571. The standard InChI is InChI=1S/C13H22N2O5/c1-3-13(7-4-8-14-13)12(19)15-9(11(17)18)5-6-10(16)20-2/h9,14H,3-8H2,1-2H3,(H,15,19)(H,17,18). The third kappa shape index (κ3) is 3.93. The van der Waals surface area contributed by atoms with Crippen molar-refractivity contribution in [2.24, 2.45) is 0 Å². The van der Waals surface area contributed by atoms with E-state index < -0.39 is 23.5 Å². The number of carbonyl (C=O) groups is 3. The van der Waals surface area contributed by atoms with Gasteiger partial charge in [0.25, 0.3) is 0 Å². The molecule has 0 radical (unpaired) electrons. The molecule has 1 heterocycles. The van der Waals surface area contributed by atoms with E-state index in [2.05, 4.69) is 15.4 Å². The highest BCUT2D eigenvalue weighted by atomic mass is 16.5. The lowest BCUT2D eigenvalue weighted by Crippen LogP contribution is -2.56. The molecule has 114 valence electrons. The van der Waals surface area contributed by atoms with Crippen LogP contribution in [0.1, 0.15) is 39.0 Å². The highest BCUT2D eigenvalue weighted by Gasteiger charge is 2.40. The molecular formula is C13H22N2O5. The monoisotopic (exact) mass is 286 g/mol. The van der Waals surface area contributed by atoms with Gasteiger partial charge in [-0.2, -0.15) is 0 Å². The maximum atomic E-state index is 12.3. The van der Waals surface area contributed by atoms with E-state index in [1.54, 1.807) is 0 Å². The second kappa shape index (κ2) is 7.23. The van der Waals surface area contributed by atoms with Crippen LogP contribution in [0, 0.1) is 0 Å². The Morgan fingerprint density at radius 1 is 1.45 bits per heavy atom. The number of ether oxygens (including phenoxy) is 1. The Kier molecular flexibility index (Phi) is 5.94.